The van der Waals surface area contributed by atoms with E-state index in [0.717, 1.165) is 6.20 Å². The molecule has 5 heteroatoms. The molecule has 0 spiro atoms. The lowest BCUT2D eigenvalue weighted by atomic mass is 10.1. The Morgan fingerprint density at radius 2 is 2.16 bits per heavy atom. The number of aliphatic hydroxyl groups excluding tert-OH is 1. The van der Waals surface area contributed by atoms with Gasteiger partial charge in [0.2, 0.25) is 0 Å². The van der Waals surface area contributed by atoms with Crippen LogP contribution in [0, 0.1) is 5.82 Å². The summed E-state index contributed by atoms with van der Waals surface area (Å²) in [7, 11) is 0. The minimum Gasteiger partial charge on any atom is -0.488 e. The first-order valence-electron chi connectivity index (χ1n) is 5.76. The molecule has 2 aromatic rings. The Balaban J connectivity index is 2.15. The summed E-state index contributed by atoms with van der Waals surface area (Å²) in [6.07, 6.45) is 1.97. The summed E-state index contributed by atoms with van der Waals surface area (Å²) in [5.41, 5.74) is 1.21. The minimum atomic E-state index is -0.695. The lowest BCUT2D eigenvalue weighted by Crippen LogP contribution is -2.01. The Morgan fingerprint density at radius 1 is 1.37 bits per heavy atom. The highest BCUT2D eigenvalue weighted by molar-refractivity contribution is 6.30. The molecule has 0 aliphatic rings. The number of pyridine rings is 1. The van der Waals surface area contributed by atoms with Crippen LogP contribution in [-0.2, 0) is 6.61 Å². The van der Waals surface area contributed by atoms with Gasteiger partial charge in [-0.3, -0.25) is 4.98 Å². The van der Waals surface area contributed by atoms with E-state index in [1.807, 2.05) is 0 Å². The van der Waals surface area contributed by atoms with Gasteiger partial charge in [0.05, 0.1) is 12.3 Å². The van der Waals surface area contributed by atoms with Crippen LogP contribution in [0.15, 0.2) is 36.7 Å². The number of benzene rings is 1. The van der Waals surface area contributed by atoms with E-state index in [-0.39, 0.29) is 6.61 Å². The fourth-order valence-electron chi connectivity index (χ4n) is 1.67. The molecule has 0 saturated heterocycles. The molecule has 0 bridgehead atoms. The topological polar surface area (TPSA) is 42.4 Å². The van der Waals surface area contributed by atoms with Crippen molar-refractivity contribution < 1.29 is 14.2 Å². The molecule has 100 valence electrons. The smallest absolute Gasteiger partial charge is 0.141 e. The van der Waals surface area contributed by atoms with Crippen LogP contribution in [0.4, 0.5) is 4.39 Å². The molecule has 1 heterocycles. The molecule has 0 aliphatic carbocycles. The predicted molar refractivity (Wildman–Crippen MR) is 70.6 cm³/mol. The molecule has 0 saturated carbocycles. The largest absolute Gasteiger partial charge is 0.488 e. The molecule has 3 nitrogen and oxygen atoms in total. The van der Waals surface area contributed by atoms with E-state index in [2.05, 4.69) is 4.98 Å². The zero-order valence-corrected chi connectivity index (χ0v) is 11.1. The van der Waals surface area contributed by atoms with Gasteiger partial charge < -0.3 is 9.84 Å². The van der Waals surface area contributed by atoms with Crippen molar-refractivity contribution in [3.05, 3.63) is 58.6 Å². The highest BCUT2D eigenvalue weighted by Gasteiger charge is 2.10. The van der Waals surface area contributed by atoms with E-state index in [4.69, 9.17) is 16.3 Å². The summed E-state index contributed by atoms with van der Waals surface area (Å²) in [5, 5.41) is 10.2. The van der Waals surface area contributed by atoms with E-state index >= 15 is 0 Å². The molecule has 1 atom stereocenters. The van der Waals surface area contributed by atoms with Gasteiger partial charge in [-0.15, -0.1) is 0 Å². The van der Waals surface area contributed by atoms with Gasteiger partial charge in [-0.2, -0.15) is 0 Å². The molecule has 0 unspecified atom stereocenters. The Bertz CT molecular complexity index is 575. The molecular weight excluding hydrogens is 269 g/mol. The highest BCUT2D eigenvalue weighted by Crippen LogP contribution is 2.28. The molecule has 0 amide bonds. The normalized spacial score (nSPS) is 12.2. The average Bonchev–Trinajstić information content (AvgIpc) is 2.37. The Kier molecular flexibility index (Phi) is 4.35. The molecule has 19 heavy (non-hydrogen) atoms. The lowest BCUT2D eigenvalue weighted by Gasteiger charge is -2.13. The third kappa shape index (κ3) is 3.66. The number of ether oxygens (including phenoxy) is 1. The van der Waals surface area contributed by atoms with Crippen LogP contribution in [0.25, 0.3) is 0 Å². The molecule has 0 aliphatic heterocycles. The summed E-state index contributed by atoms with van der Waals surface area (Å²) in [5.74, 6) is 0.108. The van der Waals surface area contributed by atoms with Crippen molar-refractivity contribution in [2.45, 2.75) is 19.6 Å². The van der Waals surface area contributed by atoms with Gasteiger partial charge in [-0.25, -0.2) is 4.39 Å². The van der Waals surface area contributed by atoms with Gasteiger partial charge in [-0.05, 0) is 31.2 Å². The van der Waals surface area contributed by atoms with Crippen molar-refractivity contribution in [3.8, 4) is 5.75 Å². The average molecular weight is 282 g/mol. The second kappa shape index (κ2) is 5.99. The first-order valence-corrected chi connectivity index (χ1v) is 6.14. The molecule has 0 radical (unpaired) electrons. The third-order valence-electron chi connectivity index (χ3n) is 2.58. The van der Waals surface area contributed by atoms with Gasteiger partial charge >= 0.3 is 0 Å². The Labute approximate surface area is 115 Å². The van der Waals surface area contributed by atoms with E-state index in [0.29, 0.717) is 21.9 Å². The number of aliphatic hydroxyl groups is 1. The minimum absolute atomic E-state index is 0.173. The van der Waals surface area contributed by atoms with Crippen LogP contribution in [0.2, 0.25) is 5.02 Å². The fraction of sp³-hybridized carbons (Fsp3) is 0.214. The van der Waals surface area contributed by atoms with Crippen molar-refractivity contribution in [2.24, 2.45) is 0 Å². The van der Waals surface area contributed by atoms with E-state index < -0.39 is 11.9 Å². The van der Waals surface area contributed by atoms with Crippen molar-refractivity contribution in [3.63, 3.8) is 0 Å². The van der Waals surface area contributed by atoms with E-state index in [1.54, 1.807) is 25.1 Å². The number of rotatable bonds is 4. The van der Waals surface area contributed by atoms with Crippen LogP contribution >= 0.6 is 11.6 Å². The van der Waals surface area contributed by atoms with Crippen molar-refractivity contribution in [1.29, 1.82) is 0 Å². The lowest BCUT2D eigenvalue weighted by molar-refractivity contribution is 0.190. The molecule has 1 N–H and O–H groups in total. The number of nitrogens with zero attached hydrogens (tertiary/aromatic N) is 1. The van der Waals surface area contributed by atoms with Crippen molar-refractivity contribution in [1.82, 2.24) is 4.98 Å². The molecule has 1 aromatic heterocycles. The monoisotopic (exact) mass is 281 g/mol. The van der Waals surface area contributed by atoms with Gasteiger partial charge in [0, 0.05) is 22.3 Å². The number of aromatic nitrogens is 1. The maximum Gasteiger partial charge on any atom is 0.141 e. The Hall–Kier alpha value is -1.65. The highest BCUT2D eigenvalue weighted by atomic mass is 35.5. The quantitative estimate of drug-likeness (QED) is 0.932. The standard InChI is InChI=1S/C14H13ClFNO2/c1-9(18)13-5-11(15)2-3-14(13)19-8-10-4-12(16)7-17-6-10/h2-7,9,18H,8H2,1H3/t9-/m0/s1. The third-order valence-corrected chi connectivity index (χ3v) is 2.81. The van der Waals surface area contributed by atoms with Crippen LogP contribution < -0.4 is 4.74 Å². The van der Waals surface area contributed by atoms with Crippen LogP contribution in [0.3, 0.4) is 0 Å². The Morgan fingerprint density at radius 3 is 2.84 bits per heavy atom. The molecule has 1 aromatic carbocycles. The van der Waals surface area contributed by atoms with E-state index in [1.165, 1.54) is 12.3 Å². The summed E-state index contributed by atoms with van der Waals surface area (Å²) in [6, 6.07) is 6.35. The summed E-state index contributed by atoms with van der Waals surface area (Å²) in [6.45, 7) is 1.80. The van der Waals surface area contributed by atoms with Crippen molar-refractivity contribution in [2.75, 3.05) is 0 Å². The van der Waals surface area contributed by atoms with E-state index in [9.17, 15) is 9.50 Å². The maximum atomic E-state index is 13.0. The SMILES string of the molecule is C[C@H](O)c1cc(Cl)ccc1OCc1cncc(F)c1. The van der Waals surface area contributed by atoms with Gasteiger partial charge in [0.1, 0.15) is 18.2 Å². The number of halogens is 2. The summed E-state index contributed by atoms with van der Waals surface area (Å²) >= 11 is 5.87. The van der Waals surface area contributed by atoms with Gasteiger partial charge in [0.15, 0.2) is 0 Å². The van der Waals surface area contributed by atoms with Gasteiger partial charge in [0.25, 0.3) is 0 Å². The molecular formula is C14H13ClFNO2. The maximum absolute atomic E-state index is 13.0. The number of hydrogen-bond donors (Lipinski definition) is 1. The first kappa shape index (κ1) is 13.8. The van der Waals surface area contributed by atoms with Crippen LogP contribution in [0.1, 0.15) is 24.2 Å². The zero-order valence-electron chi connectivity index (χ0n) is 10.3. The first-order chi connectivity index (χ1) is 9.06. The predicted octanol–water partition coefficient (Wildman–Crippen LogP) is 3.51. The van der Waals surface area contributed by atoms with Crippen LogP contribution in [-0.4, -0.2) is 10.1 Å². The second-order valence-corrected chi connectivity index (χ2v) is 4.59. The number of hydrogen-bond acceptors (Lipinski definition) is 3. The second-order valence-electron chi connectivity index (χ2n) is 4.16. The summed E-state index contributed by atoms with van der Waals surface area (Å²) in [4.78, 5) is 3.74. The van der Waals surface area contributed by atoms with Crippen molar-refractivity contribution >= 4 is 11.6 Å². The zero-order chi connectivity index (χ0) is 13.8. The molecule has 2 rings (SSSR count). The van der Waals surface area contributed by atoms with Crippen LogP contribution in [0.5, 0.6) is 5.75 Å². The summed E-state index contributed by atoms with van der Waals surface area (Å²) < 4.78 is 18.5. The van der Waals surface area contributed by atoms with Gasteiger partial charge in [-0.1, -0.05) is 11.6 Å². The fourth-order valence-corrected chi connectivity index (χ4v) is 1.85. The molecule has 0 fully saturated rings.